The number of nitrogens with one attached hydrogen (secondary N) is 4. The van der Waals surface area contributed by atoms with Crippen molar-refractivity contribution in [1.29, 1.82) is 0 Å². The van der Waals surface area contributed by atoms with Gasteiger partial charge in [-0.25, -0.2) is 15.0 Å². The number of benzene rings is 8. The molecule has 8 aromatic carbocycles. The highest BCUT2D eigenvalue weighted by atomic mass is 15.3. The molecular weight excluding hydrogens is 909 g/mol. The first-order chi connectivity index (χ1) is 36.6. The van der Waals surface area contributed by atoms with Gasteiger partial charge in [0.1, 0.15) is 30.2 Å². The van der Waals surface area contributed by atoms with E-state index < -0.39 is 0 Å². The minimum atomic E-state index is -0.332. The van der Waals surface area contributed by atoms with Crippen molar-refractivity contribution in [3.8, 4) is 22.5 Å². The molecule has 0 fully saturated rings. The fourth-order valence-corrected chi connectivity index (χ4v) is 10.7. The van der Waals surface area contributed by atoms with Crippen molar-refractivity contribution in [2.45, 2.75) is 31.0 Å². The standard InChI is InChI=1S/C64H52N10/c65-36-14-3-8-31-59-67-60(42-18-4-1-5-19-42)69-62(68-59)46-22-16-24-48(38-46)73-55-29-11-9-26-50(55)52-40-44(32-34-57(52)73)45-33-35-58-53(41-45)51-27-10-12-30-56(51)74(58)49-25-17-23-47(39-49)63-70-61(43-20-6-2-7-21-43)71-64(72-63)54-28-13-15-37-66-54/h1-30,32-41,54,61-62,64,66,71H,31,65H2,(H,70,72)(H,67,68,69)/b8-3-,36-14-. The summed E-state index contributed by atoms with van der Waals surface area (Å²) in [4.78, 5) is 15.4. The number of aliphatic imine (C=N–C) groups is 3. The molecular formula is C64H52N10. The quantitative estimate of drug-likeness (QED) is 0.0827. The third-order valence-corrected chi connectivity index (χ3v) is 14.2. The molecule has 0 bridgehead atoms. The van der Waals surface area contributed by atoms with Gasteiger partial charge in [-0.15, -0.1) is 0 Å². The molecule has 3 aliphatic heterocycles. The Hall–Kier alpha value is -9.51. The molecule has 10 heteroatoms. The maximum Gasteiger partial charge on any atom is 0.159 e. The lowest BCUT2D eigenvalue weighted by Gasteiger charge is -2.35. The second kappa shape index (κ2) is 19.2. The molecule has 2 aromatic heterocycles. The highest BCUT2D eigenvalue weighted by Crippen LogP contribution is 2.39. The maximum atomic E-state index is 5.60. The second-order valence-corrected chi connectivity index (χ2v) is 18.8. The zero-order valence-electron chi connectivity index (χ0n) is 40.4. The molecule has 0 spiro atoms. The summed E-state index contributed by atoms with van der Waals surface area (Å²) in [7, 11) is 0. The summed E-state index contributed by atoms with van der Waals surface area (Å²) < 4.78 is 4.76. The van der Waals surface area contributed by atoms with Crippen molar-refractivity contribution in [1.82, 2.24) is 30.4 Å². The Bertz CT molecular complexity index is 3980. The summed E-state index contributed by atoms with van der Waals surface area (Å²) in [5.74, 6) is 2.39. The van der Waals surface area contributed by atoms with E-state index in [-0.39, 0.29) is 24.5 Å². The lowest BCUT2D eigenvalue weighted by atomic mass is 10.0. The number of nitrogens with two attached hydrogens (primary N) is 1. The van der Waals surface area contributed by atoms with Crippen LogP contribution in [0.2, 0.25) is 0 Å². The van der Waals surface area contributed by atoms with E-state index in [0.717, 1.165) is 78.5 Å². The van der Waals surface area contributed by atoms with Gasteiger partial charge in [0.2, 0.25) is 0 Å². The number of para-hydroxylation sites is 2. The Kier molecular flexibility index (Phi) is 11.6. The van der Waals surface area contributed by atoms with Crippen LogP contribution in [0.3, 0.4) is 0 Å². The number of allylic oxidation sites excluding steroid dienone is 4. The Labute approximate surface area is 429 Å². The van der Waals surface area contributed by atoms with Gasteiger partial charge in [-0.1, -0.05) is 158 Å². The minimum absolute atomic E-state index is 0.00688. The summed E-state index contributed by atoms with van der Waals surface area (Å²) in [6, 6.07) is 69.3. The molecule has 0 saturated carbocycles. The van der Waals surface area contributed by atoms with E-state index in [2.05, 4.69) is 218 Å². The van der Waals surface area contributed by atoms with Gasteiger partial charge < -0.3 is 30.8 Å². The number of fused-ring (bicyclic) bond motifs is 6. The molecule has 358 valence electrons. The third-order valence-electron chi connectivity index (χ3n) is 14.2. The van der Waals surface area contributed by atoms with Crippen LogP contribution in [0, 0.1) is 0 Å². The van der Waals surface area contributed by atoms with Crippen LogP contribution in [0.25, 0.3) is 66.1 Å². The van der Waals surface area contributed by atoms with E-state index in [1.165, 1.54) is 27.7 Å². The Morgan fingerprint density at radius 1 is 0.514 bits per heavy atom. The first-order valence-corrected chi connectivity index (χ1v) is 25.2. The molecule has 13 rings (SSSR count). The first-order valence-electron chi connectivity index (χ1n) is 25.2. The number of amidine groups is 3. The van der Waals surface area contributed by atoms with Crippen molar-refractivity contribution in [2.75, 3.05) is 0 Å². The van der Waals surface area contributed by atoms with Gasteiger partial charge in [0.25, 0.3) is 0 Å². The lowest BCUT2D eigenvalue weighted by Crippen LogP contribution is -2.55. The van der Waals surface area contributed by atoms with Gasteiger partial charge in [-0.3, -0.25) is 5.32 Å². The molecule has 0 aliphatic carbocycles. The van der Waals surface area contributed by atoms with Crippen molar-refractivity contribution >= 4 is 61.1 Å². The normalized spacial score (nSPS) is 18.7. The Balaban J connectivity index is 0.855. The number of dihydropyridines is 1. The topological polar surface area (TPSA) is 121 Å². The first kappa shape index (κ1) is 44.4. The molecule has 0 saturated heterocycles. The summed E-state index contributed by atoms with van der Waals surface area (Å²) in [6.45, 7) is 0. The van der Waals surface area contributed by atoms with Crippen LogP contribution in [0.1, 0.15) is 41.0 Å². The predicted molar refractivity (Wildman–Crippen MR) is 305 cm³/mol. The van der Waals surface area contributed by atoms with E-state index in [1.54, 1.807) is 0 Å². The van der Waals surface area contributed by atoms with E-state index in [0.29, 0.717) is 12.3 Å². The molecule has 74 heavy (non-hydrogen) atoms. The largest absolute Gasteiger partial charge is 0.405 e. The second-order valence-electron chi connectivity index (χ2n) is 18.8. The number of rotatable bonds is 11. The van der Waals surface area contributed by atoms with Gasteiger partial charge in [0, 0.05) is 50.5 Å². The summed E-state index contributed by atoms with van der Waals surface area (Å²) in [5.41, 5.74) is 18.8. The summed E-state index contributed by atoms with van der Waals surface area (Å²) in [6.07, 6.45) is 15.5. The van der Waals surface area contributed by atoms with E-state index in [4.69, 9.17) is 20.7 Å². The molecule has 5 heterocycles. The van der Waals surface area contributed by atoms with Crippen LogP contribution in [0.4, 0.5) is 0 Å². The fourth-order valence-electron chi connectivity index (χ4n) is 10.7. The molecule has 0 amide bonds. The average molecular weight is 961 g/mol. The molecule has 4 unspecified atom stereocenters. The van der Waals surface area contributed by atoms with Crippen LogP contribution in [-0.2, 0) is 0 Å². The Morgan fingerprint density at radius 3 is 1.82 bits per heavy atom. The van der Waals surface area contributed by atoms with Gasteiger partial charge in [-0.05, 0) is 107 Å². The van der Waals surface area contributed by atoms with Gasteiger partial charge in [0.05, 0.1) is 28.1 Å². The molecule has 3 aliphatic rings. The van der Waals surface area contributed by atoms with Crippen LogP contribution < -0.4 is 27.0 Å². The van der Waals surface area contributed by atoms with Gasteiger partial charge >= 0.3 is 0 Å². The highest BCUT2D eigenvalue weighted by molar-refractivity contribution is 6.13. The predicted octanol–water partition coefficient (Wildman–Crippen LogP) is 12.4. The smallest absolute Gasteiger partial charge is 0.159 e. The maximum absolute atomic E-state index is 5.60. The zero-order chi connectivity index (χ0) is 49.4. The monoisotopic (exact) mass is 960 g/mol. The molecule has 10 aromatic rings. The highest BCUT2D eigenvalue weighted by Gasteiger charge is 2.29. The van der Waals surface area contributed by atoms with Crippen molar-refractivity contribution in [3.05, 3.63) is 265 Å². The number of hydrogen-bond donors (Lipinski definition) is 5. The molecule has 4 atom stereocenters. The zero-order valence-corrected chi connectivity index (χ0v) is 40.4. The van der Waals surface area contributed by atoms with E-state index >= 15 is 0 Å². The Morgan fingerprint density at radius 2 is 1.14 bits per heavy atom. The number of nitrogens with zero attached hydrogens (tertiary/aromatic N) is 5. The van der Waals surface area contributed by atoms with Crippen LogP contribution in [0.15, 0.2) is 258 Å². The van der Waals surface area contributed by atoms with Gasteiger partial charge in [0.15, 0.2) is 5.84 Å². The number of aromatic nitrogens is 2. The van der Waals surface area contributed by atoms with Crippen molar-refractivity contribution in [3.63, 3.8) is 0 Å². The van der Waals surface area contributed by atoms with E-state index in [1.807, 2.05) is 48.7 Å². The SMILES string of the molecule is N/C=C\C=C/CC1=NC(c2ccccc2)=NC(c2cccc(-n3c4ccccc4c4cc(-c5ccc6c(c5)c5ccccc5n6-c5cccc(C6=NC(C7C=CC=CN7)NC(c7ccccc7)N6)c5)ccc43)c2)N1. The molecule has 0 radical (unpaired) electrons. The minimum Gasteiger partial charge on any atom is -0.405 e. The van der Waals surface area contributed by atoms with Crippen molar-refractivity contribution < 1.29 is 0 Å². The number of hydrogen-bond acceptors (Lipinski definition) is 8. The third kappa shape index (κ3) is 8.32. The molecule has 10 nitrogen and oxygen atoms in total. The lowest BCUT2D eigenvalue weighted by molar-refractivity contribution is 0.362. The van der Waals surface area contributed by atoms with Crippen molar-refractivity contribution in [2.24, 2.45) is 20.7 Å². The van der Waals surface area contributed by atoms with Gasteiger partial charge in [-0.2, -0.15) is 0 Å². The fraction of sp³-hybridized carbons (Fsp3) is 0.0781. The average Bonchev–Trinajstić information content (AvgIpc) is 3.99. The van der Waals surface area contributed by atoms with Crippen LogP contribution in [-0.4, -0.2) is 38.8 Å². The van der Waals surface area contributed by atoms with E-state index in [9.17, 15) is 0 Å². The van der Waals surface area contributed by atoms with Crippen LogP contribution >= 0.6 is 0 Å². The molecule has 6 N–H and O–H groups in total. The summed E-state index contributed by atoms with van der Waals surface area (Å²) >= 11 is 0. The van der Waals surface area contributed by atoms with Crippen LogP contribution in [0.5, 0.6) is 0 Å². The summed E-state index contributed by atoms with van der Waals surface area (Å²) in [5, 5.41) is 19.3.